The van der Waals surface area contributed by atoms with Crippen LogP contribution in [-0.4, -0.2) is 25.5 Å². The van der Waals surface area contributed by atoms with Gasteiger partial charge in [-0.05, 0) is 25.1 Å². The molecule has 0 atom stereocenters. The van der Waals surface area contributed by atoms with Crippen molar-refractivity contribution >= 4 is 5.65 Å². The third-order valence-corrected chi connectivity index (χ3v) is 3.59. The first-order valence-corrected chi connectivity index (χ1v) is 7.54. The van der Waals surface area contributed by atoms with Gasteiger partial charge < -0.3 is 9.72 Å². The molecule has 110 valence electrons. The lowest BCUT2D eigenvalue weighted by Gasteiger charge is -2.08. The predicted octanol–water partition coefficient (Wildman–Crippen LogP) is 2.58. The van der Waals surface area contributed by atoms with Crippen LogP contribution in [0.4, 0.5) is 0 Å². The summed E-state index contributed by atoms with van der Waals surface area (Å²) in [6.07, 6.45) is 7.91. The van der Waals surface area contributed by atoms with E-state index in [9.17, 15) is 0 Å². The van der Waals surface area contributed by atoms with E-state index in [1.54, 1.807) is 0 Å². The van der Waals surface area contributed by atoms with E-state index < -0.39 is 0 Å². The molecule has 0 aliphatic heterocycles. The second-order valence-electron chi connectivity index (χ2n) is 5.05. The highest BCUT2D eigenvalue weighted by Gasteiger charge is 2.15. The molecule has 0 bridgehead atoms. The Morgan fingerprint density at radius 3 is 2.90 bits per heavy atom. The maximum atomic E-state index is 4.79. The van der Waals surface area contributed by atoms with Gasteiger partial charge in [-0.1, -0.05) is 19.9 Å². The van der Waals surface area contributed by atoms with Crippen LogP contribution in [0.15, 0.2) is 36.8 Å². The normalized spacial score (nSPS) is 11.3. The number of hydrogen-bond donors (Lipinski definition) is 1. The van der Waals surface area contributed by atoms with Gasteiger partial charge in [0.15, 0.2) is 5.82 Å². The van der Waals surface area contributed by atoms with Crippen LogP contribution in [-0.2, 0) is 13.0 Å². The Bertz CT molecular complexity index is 725. The Kier molecular flexibility index (Phi) is 4.01. The lowest BCUT2D eigenvalue weighted by molar-refractivity contribution is 0.656. The summed E-state index contributed by atoms with van der Waals surface area (Å²) >= 11 is 0. The van der Waals surface area contributed by atoms with E-state index in [2.05, 4.69) is 39.3 Å². The first-order chi connectivity index (χ1) is 10.3. The number of rotatable bonds is 6. The summed E-state index contributed by atoms with van der Waals surface area (Å²) in [4.78, 5) is 9.20. The fraction of sp³-hybridized carbons (Fsp3) is 0.375. The Balaban J connectivity index is 2.10. The minimum atomic E-state index is 0.801. The fourth-order valence-electron chi connectivity index (χ4n) is 2.56. The number of nitrogens with zero attached hydrogens (tertiary/aromatic N) is 4. The predicted molar refractivity (Wildman–Crippen MR) is 83.7 cm³/mol. The van der Waals surface area contributed by atoms with E-state index >= 15 is 0 Å². The smallest absolute Gasteiger partial charge is 0.161 e. The first-order valence-electron chi connectivity index (χ1n) is 7.54. The molecule has 0 aromatic carbocycles. The summed E-state index contributed by atoms with van der Waals surface area (Å²) in [6.45, 7) is 6.09. The lowest BCUT2D eigenvalue weighted by Crippen LogP contribution is -2.17. The molecule has 21 heavy (non-hydrogen) atoms. The summed E-state index contributed by atoms with van der Waals surface area (Å²) in [6, 6.07) is 6.09. The molecule has 3 rings (SSSR count). The summed E-state index contributed by atoms with van der Waals surface area (Å²) < 4.78 is 4.24. The number of imidazole rings is 2. The van der Waals surface area contributed by atoms with E-state index in [0.29, 0.717) is 0 Å². The molecule has 0 saturated carbocycles. The van der Waals surface area contributed by atoms with Crippen molar-refractivity contribution in [3.63, 3.8) is 0 Å². The standard InChI is InChI=1S/C16H21N5/c1-3-8-17-12-13-16(21-11-9-18-14(21)4-2)19-15-7-5-6-10-20(13)15/h5-7,9-11,17H,3-4,8,12H2,1-2H3. The molecule has 0 fully saturated rings. The van der Waals surface area contributed by atoms with Crippen molar-refractivity contribution in [1.82, 2.24) is 24.3 Å². The summed E-state index contributed by atoms with van der Waals surface area (Å²) in [5.41, 5.74) is 2.14. The zero-order valence-corrected chi connectivity index (χ0v) is 12.6. The van der Waals surface area contributed by atoms with Gasteiger partial charge in [-0.15, -0.1) is 0 Å². The Morgan fingerprint density at radius 2 is 2.10 bits per heavy atom. The van der Waals surface area contributed by atoms with Gasteiger partial charge in [-0.3, -0.25) is 4.57 Å². The Hall–Kier alpha value is -2.14. The molecule has 0 saturated heterocycles. The molecule has 0 aliphatic rings. The number of aromatic nitrogens is 4. The monoisotopic (exact) mass is 283 g/mol. The van der Waals surface area contributed by atoms with E-state index in [-0.39, 0.29) is 0 Å². The molecule has 5 heteroatoms. The van der Waals surface area contributed by atoms with Crippen LogP contribution in [0.25, 0.3) is 11.5 Å². The minimum Gasteiger partial charge on any atom is -0.311 e. The van der Waals surface area contributed by atoms with Crippen LogP contribution in [0, 0.1) is 0 Å². The van der Waals surface area contributed by atoms with Crippen LogP contribution in [0.5, 0.6) is 0 Å². The number of aryl methyl sites for hydroxylation is 1. The van der Waals surface area contributed by atoms with Crippen LogP contribution in [0.3, 0.4) is 0 Å². The molecular formula is C16H21N5. The number of pyridine rings is 1. The maximum Gasteiger partial charge on any atom is 0.161 e. The van der Waals surface area contributed by atoms with Crippen molar-refractivity contribution in [3.05, 3.63) is 48.3 Å². The van der Waals surface area contributed by atoms with E-state index in [4.69, 9.17) is 4.98 Å². The largest absolute Gasteiger partial charge is 0.311 e. The molecule has 1 N–H and O–H groups in total. The first kappa shape index (κ1) is 13.8. The van der Waals surface area contributed by atoms with Crippen molar-refractivity contribution in [3.8, 4) is 5.82 Å². The second kappa shape index (κ2) is 6.10. The average molecular weight is 283 g/mol. The maximum absolute atomic E-state index is 4.79. The van der Waals surface area contributed by atoms with Crippen molar-refractivity contribution in [2.45, 2.75) is 33.2 Å². The van der Waals surface area contributed by atoms with Gasteiger partial charge in [-0.25, -0.2) is 9.97 Å². The molecule has 5 nitrogen and oxygen atoms in total. The van der Waals surface area contributed by atoms with Gasteiger partial charge in [0.1, 0.15) is 11.5 Å². The van der Waals surface area contributed by atoms with Gasteiger partial charge in [-0.2, -0.15) is 0 Å². The number of fused-ring (bicyclic) bond motifs is 1. The number of nitrogens with one attached hydrogen (secondary N) is 1. The molecule has 0 amide bonds. The van der Waals surface area contributed by atoms with Crippen LogP contribution in [0.2, 0.25) is 0 Å². The molecule has 0 aliphatic carbocycles. The van der Waals surface area contributed by atoms with E-state index in [1.807, 2.05) is 30.6 Å². The molecule has 3 aromatic heterocycles. The third kappa shape index (κ3) is 2.56. The minimum absolute atomic E-state index is 0.801. The lowest BCUT2D eigenvalue weighted by atomic mass is 10.3. The highest BCUT2D eigenvalue weighted by Crippen LogP contribution is 2.18. The van der Waals surface area contributed by atoms with E-state index in [1.165, 1.54) is 5.69 Å². The Morgan fingerprint density at radius 1 is 1.19 bits per heavy atom. The zero-order chi connectivity index (χ0) is 14.7. The highest BCUT2D eigenvalue weighted by atomic mass is 15.2. The number of hydrogen-bond acceptors (Lipinski definition) is 3. The second-order valence-corrected chi connectivity index (χ2v) is 5.05. The molecule has 0 unspecified atom stereocenters. The van der Waals surface area contributed by atoms with Crippen LogP contribution < -0.4 is 5.32 Å². The summed E-state index contributed by atoms with van der Waals surface area (Å²) in [5.74, 6) is 2.01. The van der Waals surface area contributed by atoms with Crippen molar-refractivity contribution < 1.29 is 0 Å². The third-order valence-electron chi connectivity index (χ3n) is 3.59. The molecular weight excluding hydrogens is 262 g/mol. The molecule has 3 heterocycles. The summed E-state index contributed by atoms with van der Waals surface area (Å²) in [5, 5.41) is 3.47. The zero-order valence-electron chi connectivity index (χ0n) is 12.6. The van der Waals surface area contributed by atoms with Gasteiger partial charge in [0.2, 0.25) is 0 Å². The molecule has 0 radical (unpaired) electrons. The highest BCUT2D eigenvalue weighted by molar-refractivity contribution is 5.49. The average Bonchev–Trinajstić information content (AvgIpc) is 3.11. The molecule has 3 aromatic rings. The van der Waals surface area contributed by atoms with E-state index in [0.717, 1.165) is 43.2 Å². The quantitative estimate of drug-likeness (QED) is 0.707. The SMILES string of the molecule is CCCNCc1c(-n2ccnc2CC)nc2ccccn12. The van der Waals surface area contributed by atoms with Gasteiger partial charge in [0, 0.05) is 31.6 Å². The fourth-order valence-corrected chi connectivity index (χ4v) is 2.56. The van der Waals surface area contributed by atoms with Gasteiger partial charge in [0.25, 0.3) is 0 Å². The van der Waals surface area contributed by atoms with Gasteiger partial charge >= 0.3 is 0 Å². The van der Waals surface area contributed by atoms with Crippen LogP contribution >= 0.6 is 0 Å². The van der Waals surface area contributed by atoms with Crippen LogP contribution in [0.1, 0.15) is 31.8 Å². The topological polar surface area (TPSA) is 47.2 Å². The van der Waals surface area contributed by atoms with Crippen molar-refractivity contribution in [2.75, 3.05) is 6.54 Å². The van der Waals surface area contributed by atoms with Gasteiger partial charge in [0.05, 0.1) is 5.69 Å². The Labute approximate surface area is 124 Å². The van der Waals surface area contributed by atoms with Crippen molar-refractivity contribution in [1.29, 1.82) is 0 Å². The summed E-state index contributed by atoms with van der Waals surface area (Å²) in [7, 11) is 0. The van der Waals surface area contributed by atoms with Crippen molar-refractivity contribution in [2.24, 2.45) is 0 Å². The molecule has 0 spiro atoms.